The fraction of sp³-hybridized carbons (Fsp3) is 0.778. The molecular weight excluding hydrogens is 304 g/mol. The molecule has 3 rings (SSSR count). The maximum atomic E-state index is 12.4. The molecule has 1 aromatic heterocycles. The fourth-order valence-corrected chi connectivity index (χ4v) is 4.38. The summed E-state index contributed by atoms with van der Waals surface area (Å²) < 4.78 is 7.38. The predicted octanol–water partition coefficient (Wildman–Crippen LogP) is 2.87. The summed E-state index contributed by atoms with van der Waals surface area (Å²) in [4.78, 5) is 16.5. The number of nitrogens with zero attached hydrogens (tertiary/aromatic N) is 2. The number of hydrogen-bond donors (Lipinski definition) is 2. The third kappa shape index (κ3) is 4.09. The Morgan fingerprint density at radius 2 is 2.17 bits per heavy atom. The van der Waals surface area contributed by atoms with E-state index in [0.29, 0.717) is 6.04 Å². The van der Waals surface area contributed by atoms with E-state index >= 15 is 0 Å². The number of amides is 2. The highest BCUT2D eigenvalue weighted by Crippen LogP contribution is 2.40. The van der Waals surface area contributed by atoms with Crippen LogP contribution >= 0.6 is 0 Å². The number of methoxy groups -OCH3 is 1. The van der Waals surface area contributed by atoms with Crippen molar-refractivity contribution in [3.63, 3.8) is 0 Å². The molecule has 0 radical (unpaired) electrons. The maximum absolute atomic E-state index is 12.4. The Bertz CT molecular complexity index is 511. The van der Waals surface area contributed by atoms with Gasteiger partial charge in [0.2, 0.25) is 0 Å². The number of aromatic nitrogens is 2. The molecule has 2 saturated carbocycles. The largest absolute Gasteiger partial charge is 0.385 e. The summed E-state index contributed by atoms with van der Waals surface area (Å²) in [5.41, 5.74) is 0.229. The summed E-state index contributed by atoms with van der Waals surface area (Å²) in [5, 5.41) is 6.32. The molecule has 2 N–H and O–H groups in total. The van der Waals surface area contributed by atoms with Crippen LogP contribution in [-0.4, -0.2) is 41.9 Å². The van der Waals surface area contributed by atoms with Crippen molar-refractivity contribution in [2.24, 2.45) is 5.41 Å². The van der Waals surface area contributed by atoms with Gasteiger partial charge in [-0.3, -0.25) is 0 Å². The van der Waals surface area contributed by atoms with Crippen LogP contribution in [0, 0.1) is 5.41 Å². The monoisotopic (exact) mass is 334 g/mol. The van der Waals surface area contributed by atoms with Crippen LogP contribution in [0.5, 0.6) is 0 Å². The van der Waals surface area contributed by atoms with Gasteiger partial charge in [0.15, 0.2) is 0 Å². The van der Waals surface area contributed by atoms with Gasteiger partial charge in [0.05, 0.1) is 18.4 Å². The molecule has 2 atom stereocenters. The van der Waals surface area contributed by atoms with Crippen LogP contribution < -0.4 is 10.6 Å². The molecule has 2 amide bonds. The van der Waals surface area contributed by atoms with Crippen molar-refractivity contribution >= 4 is 6.03 Å². The van der Waals surface area contributed by atoms with Gasteiger partial charge < -0.3 is 19.9 Å². The SMILES string of the molecule is COCCC1(CNC(=O)N[C@H]2CCC[C@@H]2n2ccnc2)CCCC1. The summed E-state index contributed by atoms with van der Waals surface area (Å²) in [6.07, 6.45) is 14.9. The molecule has 1 aromatic rings. The van der Waals surface area contributed by atoms with E-state index in [2.05, 4.69) is 20.2 Å². The van der Waals surface area contributed by atoms with Crippen molar-refractivity contribution in [1.29, 1.82) is 0 Å². The van der Waals surface area contributed by atoms with Gasteiger partial charge in [-0.1, -0.05) is 12.8 Å². The molecule has 6 nitrogen and oxygen atoms in total. The summed E-state index contributed by atoms with van der Waals surface area (Å²) in [7, 11) is 1.75. The Balaban J connectivity index is 1.50. The van der Waals surface area contributed by atoms with Gasteiger partial charge in [-0.05, 0) is 43.9 Å². The van der Waals surface area contributed by atoms with Crippen molar-refractivity contribution < 1.29 is 9.53 Å². The summed E-state index contributed by atoms with van der Waals surface area (Å²) in [6, 6.07) is 0.487. The Hall–Kier alpha value is -1.56. The van der Waals surface area contributed by atoms with Crippen molar-refractivity contribution in [1.82, 2.24) is 20.2 Å². The lowest BCUT2D eigenvalue weighted by Crippen LogP contribution is -2.47. The van der Waals surface area contributed by atoms with Crippen LogP contribution in [0.25, 0.3) is 0 Å². The first-order chi connectivity index (χ1) is 11.7. The van der Waals surface area contributed by atoms with Gasteiger partial charge in [-0.2, -0.15) is 0 Å². The smallest absolute Gasteiger partial charge is 0.315 e. The molecule has 0 aromatic carbocycles. The lowest BCUT2D eigenvalue weighted by Gasteiger charge is -2.30. The molecule has 0 unspecified atom stereocenters. The van der Waals surface area contributed by atoms with E-state index < -0.39 is 0 Å². The number of imidazole rings is 1. The second-order valence-corrected chi connectivity index (χ2v) is 7.39. The van der Waals surface area contributed by atoms with Crippen LogP contribution in [0.1, 0.15) is 57.4 Å². The second kappa shape index (κ2) is 8.01. The highest BCUT2D eigenvalue weighted by molar-refractivity contribution is 5.74. The number of carbonyl (C=O) groups is 1. The predicted molar refractivity (Wildman–Crippen MR) is 92.8 cm³/mol. The van der Waals surface area contributed by atoms with Crippen molar-refractivity contribution in [2.45, 2.75) is 63.5 Å². The molecule has 2 aliphatic rings. The Morgan fingerprint density at radius 3 is 2.88 bits per heavy atom. The Labute approximate surface area is 144 Å². The van der Waals surface area contributed by atoms with E-state index in [4.69, 9.17) is 4.74 Å². The molecule has 6 heteroatoms. The van der Waals surface area contributed by atoms with Crippen LogP contribution in [0.3, 0.4) is 0 Å². The minimum atomic E-state index is -0.0318. The molecule has 0 saturated heterocycles. The van der Waals surface area contributed by atoms with Gasteiger partial charge in [0.25, 0.3) is 0 Å². The van der Waals surface area contributed by atoms with E-state index in [1.165, 1.54) is 25.7 Å². The first kappa shape index (κ1) is 17.3. The number of urea groups is 1. The fourth-order valence-electron chi connectivity index (χ4n) is 4.38. The second-order valence-electron chi connectivity index (χ2n) is 7.39. The lowest BCUT2D eigenvalue weighted by atomic mass is 9.83. The number of rotatable bonds is 7. The van der Waals surface area contributed by atoms with Gasteiger partial charge in [0, 0.05) is 32.7 Å². The van der Waals surface area contributed by atoms with Crippen molar-refractivity contribution in [2.75, 3.05) is 20.3 Å². The van der Waals surface area contributed by atoms with E-state index in [0.717, 1.165) is 38.8 Å². The van der Waals surface area contributed by atoms with Crippen molar-refractivity contribution in [3.05, 3.63) is 18.7 Å². The molecule has 1 heterocycles. The lowest BCUT2D eigenvalue weighted by molar-refractivity contribution is 0.135. The standard InChI is InChI=1S/C18H30N4O2/c1-24-12-9-18(7-2-3-8-18)13-20-17(23)21-15-5-4-6-16(15)22-11-10-19-14-22/h10-11,14-16H,2-9,12-13H2,1H3,(H2,20,21,23)/t15-,16-/m0/s1. The molecule has 2 aliphatic carbocycles. The van der Waals surface area contributed by atoms with Gasteiger partial charge in [-0.25, -0.2) is 9.78 Å². The van der Waals surface area contributed by atoms with Crippen LogP contribution in [0.4, 0.5) is 4.79 Å². The average Bonchev–Trinajstić information content (AvgIpc) is 3.32. The normalized spacial score (nSPS) is 25.7. The number of nitrogens with one attached hydrogen (secondary N) is 2. The molecular formula is C18H30N4O2. The first-order valence-corrected chi connectivity index (χ1v) is 9.23. The average molecular weight is 334 g/mol. The van der Waals surface area contributed by atoms with E-state index in [1.807, 2.05) is 12.5 Å². The molecule has 2 fully saturated rings. The topological polar surface area (TPSA) is 68.2 Å². The molecule has 134 valence electrons. The Morgan fingerprint density at radius 1 is 1.33 bits per heavy atom. The molecule has 0 aliphatic heterocycles. The van der Waals surface area contributed by atoms with Gasteiger partial charge in [0.1, 0.15) is 0 Å². The van der Waals surface area contributed by atoms with Crippen LogP contribution in [0.15, 0.2) is 18.7 Å². The zero-order valence-corrected chi connectivity index (χ0v) is 14.7. The number of ether oxygens (including phenoxy) is 1. The van der Waals surface area contributed by atoms with E-state index in [9.17, 15) is 4.79 Å². The van der Waals surface area contributed by atoms with E-state index in [-0.39, 0.29) is 17.5 Å². The van der Waals surface area contributed by atoms with E-state index in [1.54, 1.807) is 13.3 Å². The van der Waals surface area contributed by atoms with Crippen LogP contribution in [-0.2, 0) is 4.74 Å². The highest BCUT2D eigenvalue weighted by atomic mass is 16.5. The minimum absolute atomic E-state index is 0.0318. The maximum Gasteiger partial charge on any atom is 0.315 e. The summed E-state index contributed by atoms with van der Waals surface area (Å²) >= 11 is 0. The quantitative estimate of drug-likeness (QED) is 0.805. The van der Waals surface area contributed by atoms with Crippen LogP contribution in [0.2, 0.25) is 0 Å². The first-order valence-electron chi connectivity index (χ1n) is 9.23. The number of carbonyl (C=O) groups excluding carboxylic acids is 1. The summed E-state index contributed by atoms with van der Waals surface area (Å²) in [6.45, 7) is 1.53. The van der Waals surface area contributed by atoms with Crippen molar-refractivity contribution in [3.8, 4) is 0 Å². The van der Waals surface area contributed by atoms with Gasteiger partial charge in [-0.15, -0.1) is 0 Å². The minimum Gasteiger partial charge on any atom is -0.385 e. The third-order valence-corrected chi connectivity index (χ3v) is 5.83. The third-order valence-electron chi connectivity index (χ3n) is 5.83. The van der Waals surface area contributed by atoms with Gasteiger partial charge >= 0.3 is 6.03 Å². The zero-order chi connectivity index (χ0) is 16.8. The highest BCUT2D eigenvalue weighted by Gasteiger charge is 2.34. The summed E-state index contributed by atoms with van der Waals surface area (Å²) in [5.74, 6) is 0. The number of hydrogen-bond acceptors (Lipinski definition) is 3. The molecule has 0 bridgehead atoms. The molecule has 0 spiro atoms. The molecule has 24 heavy (non-hydrogen) atoms. The Kier molecular flexibility index (Phi) is 5.76. The zero-order valence-electron chi connectivity index (χ0n) is 14.7.